The molecular formula is C22H24F2O. The molecule has 0 saturated heterocycles. The van der Waals surface area contributed by atoms with Crippen molar-refractivity contribution < 1.29 is 13.9 Å². The average Bonchev–Trinajstić information content (AvgIpc) is 2.59. The Hall–Kier alpha value is -2.26. The number of hydrogen-bond donors (Lipinski definition) is 1. The van der Waals surface area contributed by atoms with E-state index in [1.807, 2.05) is 18.2 Å². The lowest BCUT2D eigenvalue weighted by Gasteiger charge is -2.08. The Bertz CT molecular complexity index is 730. The normalized spacial score (nSPS) is 12.5. The van der Waals surface area contributed by atoms with Gasteiger partial charge in [-0.25, -0.2) is 8.78 Å². The van der Waals surface area contributed by atoms with E-state index in [0.717, 1.165) is 24.8 Å². The van der Waals surface area contributed by atoms with Crippen LogP contribution in [0.2, 0.25) is 0 Å². The number of hydrogen-bond acceptors (Lipinski definition) is 1. The van der Waals surface area contributed by atoms with Crippen LogP contribution < -0.4 is 0 Å². The first-order valence-corrected chi connectivity index (χ1v) is 8.55. The van der Waals surface area contributed by atoms with Crippen LogP contribution in [-0.4, -0.2) is 11.2 Å². The summed E-state index contributed by atoms with van der Waals surface area (Å²) in [7, 11) is 0. The molecule has 1 nitrogen and oxygen atoms in total. The average molecular weight is 342 g/mol. The predicted molar refractivity (Wildman–Crippen MR) is 100 cm³/mol. The highest BCUT2D eigenvalue weighted by Crippen LogP contribution is 2.27. The van der Waals surface area contributed by atoms with E-state index in [2.05, 4.69) is 12.7 Å². The van der Waals surface area contributed by atoms with Gasteiger partial charge in [-0.2, -0.15) is 0 Å². The summed E-state index contributed by atoms with van der Waals surface area (Å²) >= 11 is 0. The van der Waals surface area contributed by atoms with Gasteiger partial charge in [-0.3, -0.25) is 0 Å². The fraction of sp³-hybridized carbons (Fsp3) is 0.273. The standard InChI is InChI=1S/C22H24F2O/c1-3-7-19-14-15-20(22(24)21(19)23)18-12-10-17(11-13-18)9-6-4-5-8-16(2)25/h3,6,9-16,25H,1,4-5,7-8H2,2H3. The first-order valence-electron chi connectivity index (χ1n) is 8.55. The van der Waals surface area contributed by atoms with Crippen LogP contribution in [0.15, 0.2) is 55.1 Å². The first-order chi connectivity index (χ1) is 12.0. The van der Waals surface area contributed by atoms with Gasteiger partial charge in [-0.05, 0) is 49.3 Å². The topological polar surface area (TPSA) is 20.2 Å². The van der Waals surface area contributed by atoms with Crippen molar-refractivity contribution in [3.05, 3.63) is 77.9 Å². The van der Waals surface area contributed by atoms with Crippen molar-refractivity contribution in [2.75, 3.05) is 0 Å². The summed E-state index contributed by atoms with van der Waals surface area (Å²) in [6.45, 7) is 5.34. The van der Waals surface area contributed by atoms with Gasteiger partial charge < -0.3 is 5.11 Å². The Morgan fingerprint density at radius 1 is 1.08 bits per heavy atom. The van der Waals surface area contributed by atoms with E-state index in [0.29, 0.717) is 17.5 Å². The van der Waals surface area contributed by atoms with E-state index in [1.54, 1.807) is 37.3 Å². The molecule has 0 amide bonds. The summed E-state index contributed by atoms with van der Waals surface area (Å²) in [5.41, 5.74) is 2.23. The van der Waals surface area contributed by atoms with E-state index >= 15 is 0 Å². The Kier molecular flexibility index (Phi) is 7.08. The summed E-state index contributed by atoms with van der Waals surface area (Å²) in [5, 5.41) is 9.21. The van der Waals surface area contributed by atoms with Crippen molar-refractivity contribution in [2.45, 2.75) is 38.7 Å². The Morgan fingerprint density at radius 3 is 2.44 bits per heavy atom. The molecule has 0 radical (unpaired) electrons. The number of benzene rings is 2. The molecule has 0 aromatic heterocycles. The van der Waals surface area contributed by atoms with Crippen molar-refractivity contribution in [2.24, 2.45) is 0 Å². The van der Waals surface area contributed by atoms with E-state index in [4.69, 9.17) is 0 Å². The second kappa shape index (κ2) is 9.28. The summed E-state index contributed by atoms with van der Waals surface area (Å²) in [6.07, 6.45) is 8.28. The number of rotatable bonds is 8. The smallest absolute Gasteiger partial charge is 0.166 e. The summed E-state index contributed by atoms with van der Waals surface area (Å²) in [6, 6.07) is 10.6. The van der Waals surface area contributed by atoms with Crippen LogP contribution in [0.25, 0.3) is 17.2 Å². The molecule has 0 aliphatic heterocycles. The highest BCUT2D eigenvalue weighted by atomic mass is 19.2. The van der Waals surface area contributed by atoms with Crippen LogP contribution in [0.3, 0.4) is 0 Å². The molecule has 3 heteroatoms. The molecule has 0 saturated carbocycles. The molecule has 0 aliphatic carbocycles. The molecule has 0 bridgehead atoms. The van der Waals surface area contributed by atoms with Crippen molar-refractivity contribution in [3.8, 4) is 11.1 Å². The molecule has 1 atom stereocenters. The summed E-state index contributed by atoms with van der Waals surface area (Å²) in [5.74, 6) is -1.62. The molecule has 2 aromatic rings. The van der Waals surface area contributed by atoms with Gasteiger partial charge in [0.2, 0.25) is 0 Å². The molecule has 0 spiro atoms. The van der Waals surface area contributed by atoms with Gasteiger partial charge in [-0.15, -0.1) is 6.58 Å². The van der Waals surface area contributed by atoms with Gasteiger partial charge in [0, 0.05) is 5.56 Å². The quantitative estimate of drug-likeness (QED) is 0.466. The third kappa shape index (κ3) is 5.36. The highest BCUT2D eigenvalue weighted by Gasteiger charge is 2.13. The van der Waals surface area contributed by atoms with E-state index in [-0.39, 0.29) is 11.7 Å². The molecule has 1 unspecified atom stereocenters. The minimum absolute atomic E-state index is 0.262. The number of unbranched alkanes of at least 4 members (excludes halogenated alkanes) is 1. The van der Waals surface area contributed by atoms with Crippen molar-refractivity contribution in [1.82, 2.24) is 0 Å². The zero-order valence-corrected chi connectivity index (χ0v) is 14.5. The predicted octanol–water partition coefficient (Wildman–Crippen LogP) is 5.92. The number of allylic oxidation sites excluding steroid dienone is 2. The Balaban J connectivity index is 2.08. The first kappa shape index (κ1) is 19.1. The van der Waals surface area contributed by atoms with Gasteiger partial charge in [0.05, 0.1) is 6.10 Å². The number of aliphatic hydroxyl groups excluding tert-OH is 1. The maximum Gasteiger partial charge on any atom is 0.166 e. The molecule has 132 valence electrons. The maximum absolute atomic E-state index is 14.3. The fourth-order valence-electron chi connectivity index (χ4n) is 2.65. The second-order valence-electron chi connectivity index (χ2n) is 6.20. The van der Waals surface area contributed by atoms with Gasteiger partial charge in [0.15, 0.2) is 11.6 Å². The van der Waals surface area contributed by atoms with E-state index in [1.165, 1.54) is 0 Å². The minimum Gasteiger partial charge on any atom is -0.393 e. The van der Waals surface area contributed by atoms with Crippen LogP contribution >= 0.6 is 0 Å². The van der Waals surface area contributed by atoms with Crippen molar-refractivity contribution in [3.63, 3.8) is 0 Å². The Labute approximate surface area is 148 Å². The van der Waals surface area contributed by atoms with Gasteiger partial charge in [0.1, 0.15) is 0 Å². The zero-order valence-electron chi connectivity index (χ0n) is 14.5. The highest BCUT2D eigenvalue weighted by molar-refractivity contribution is 5.67. The van der Waals surface area contributed by atoms with Crippen LogP contribution in [0.4, 0.5) is 8.78 Å². The number of aliphatic hydroxyl groups is 1. The zero-order chi connectivity index (χ0) is 18.2. The lowest BCUT2D eigenvalue weighted by Crippen LogP contribution is -1.97. The van der Waals surface area contributed by atoms with Crippen LogP contribution in [0, 0.1) is 11.6 Å². The lowest BCUT2D eigenvalue weighted by molar-refractivity contribution is 0.182. The summed E-state index contributed by atoms with van der Waals surface area (Å²) < 4.78 is 28.3. The largest absolute Gasteiger partial charge is 0.393 e. The van der Waals surface area contributed by atoms with Gasteiger partial charge in [0.25, 0.3) is 0 Å². The molecule has 2 rings (SSSR count). The van der Waals surface area contributed by atoms with E-state index in [9.17, 15) is 13.9 Å². The summed E-state index contributed by atoms with van der Waals surface area (Å²) in [4.78, 5) is 0. The van der Waals surface area contributed by atoms with Crippen molar-refractivity contribution >= 4 is 6.08 Å². The molecule has 2 aromatic carbocycles. The third-order valence-corrected chi connectivity index (χ3v) is 4.05. The fourth-order valence-corrected chi connectivity index (χ4v) is 2.65. The minimum atomic E-state index is -0.819. The molecule has 1 N–H and O–H groups in total. The van der Waals surface area contributed by atoms with Crippen molar-refractivity contribution in [1.29, 1.82) is 0 Å². The van der Waals surface area contributed by atoms with Gasteiger partial charge in [-0.1, -0.05) is 54.6 Å². The molecule has 0 aliphatic rings. The second-order valence-corrected chi connectivity index (χ2v) is 6.20. The monoisotopic (exact) mass is 342 g/mol. The lowest BCUT2D eigenvalue weighted by atomic mass is 10.00. The molecule has 25 heavy (non-hydrogen) atoms. The molecule has 0 heterocycles. The SMILES string of the molecule is C=CCc1ccc(-c2ccc(C=CCCCC(C)O)cc2)c(F)c1F. The van der Waals surface area contributed by atoms with Crippen LogP contribution in [0.1, 0.15) is 37.3 Å². The Morgan fingerprint density at radius 2 is 1.80 bits per heavy atom. The number of halogens is 2. The van der Waals surface area contributed by atoms with E-state index < -0.39 is 11.6 Å². The third-order valence-electron chi connectivity index (χ3n) is 4.05. The van der Waals surface area contributed by atoms with Crippen LogP contribution in [-0.2, 0) is 6.42 Å². The molecular weight excluding hydrogens is 318 g/mol. The van der Waals surface area contributed by atoms with Crippen LogP contribution in [0.5, 0.6) is 0 Å². The maximum atomic E-state index is 14.3. The molecule has 0 fully saturated rings. The van der Waals surface area contributed by atoms with Gasteiger partial charge >= 0.3 is 0 Å².